The normalized spacial score (nSPS) is 14.4. The van der Waals surface area contributed by atoms with Gasteiger partial charge in [-0.3, -0.25) is 0 Å². The van der Waals surface area contributed by atoms with Crippen molar-refractivity contribution in [3.8, 4) is 17.6 Å². The number of rotatable bonds is 5. The molecule has 1 fully saturated rings. The Hall–Kier alpha value is -3.56. The van der Waals surface area contributed by atoms with Crippen molar-refractivity contribution in [1.82, 2.24) is 4.98 Å². The fourth-order valence-electron chi connectivity index (χ4n) is 3.76. The predicted octanol–water partition coefficient (Wildman–Crippen LogP) is 4.46. The fourth-order valence-corrected chi connectivity index (χ4v) is 3.76. The van der Waals surface area contributed by atoms with Crippen LogP contribution in [0.1, 0.15) is 16.7 Å². The standard InChI is InChI=1S/C25H25N3O3/c1-17-4-5-19-13-20(25(27-22(19)12-17)28-8-10-31-11-9-28)14-21(16-26)18-6-7-23(29-2)24(15-18)30-3/h4-7,12-15H,8-11H2,1-3H3. The second-order valence-electron chi connectivity index (χ2n) is 7.44. The van der Waals surface area contributed by atoms with E-state index < -0.39 is 0 Å². The number of benzene rings is 2. The molecule has 0 amide bonds. The summed E-state index contributed by atoms with van der Waals surface area (Å²) >= 11 is 0. The molecule has 1 aromatic heterocycles. The number of aromatic nitrogens is 1. The Balaban J connectivity index is 1.85. The first-order valence-corrected chi connectivity index (χ1v) is 10.2. The molecule has 0 unspecified atom stereocenters. The lowest BCUT2D eigenvalue weighted by Crippen LogP contribution is -2.37. The second-order valence-corrected chi connectivity index (χ2v) is 7.44. The lowest BCUT2D eigenvalue weighted by atomic mass is 10.0. The number of morpholine rings is 1. The van der Waals surface area contributed by atoms with Crippen LogP contribution in [0, 0.1) is 18.3 Å². The molecular formula is C25H25N3O3. The van der Waals surface area contributed by atoms with Gasteiger partial charge in [-0.2, -0.15) is 5.26 Å². The number of hydrogen-bond acceptors (Lipinski definition) is 6. The number of methoxy groups -OCH3 is 2. The first-order valence-electron chi connectivity index (χ1n) is 10.2. The van der Waals surface area contributed by atoms with Gasteiger partial charge in [-0.05, 0) is 54.5 Å². The Morgan fingerprint density at radius 1 is 1.06 bits per heavy atom. The fraction of sp³-hybridized carbons (Fsp3) is 0.280. The Labute approximate surface area is 182 Å². The van der Waals surface area contributed by atoms with E-state index in [1.807, 2.05) is 24.3 Å². The molecule has 0 N–H and O–H groups in total. The van der Waals surface area contributed by atoms with Crippen LogP contribution in [0.15, 0.2) is 42.5 Å². The molecule has 1 aliphatic heterocycles. The molecular weight excluding hydrogens is 390 g/mol. The van der Waals surface area contributed by atoms with Crippen LogP contribution in [-0.2, 0) is 4.74 Å². The first-order chi connectivity index (χ1) is 15.1. The summed E-state index contributed by atoms with van der Waals surface area (Å²) in [7, 11) is 3.18. The van der Waals surface area contributed by atoms with Crippen molar-refractivity contribution in [2.75, 3.05) is 45.4 Å². The first kappa shape index (κ1) is 20.7. The summed E-state index contributed by atoms with van der Waals surface area (Å²) in [5, 5.41) is 11.0. The number of pyridine rings is 1. The maximum absolute atomic E-state index is 9.94. The molecule has 158 valence electrons. The van der Waals surface area contributed by atoms with E-state index in [0.717, 1.165) is 40.9 Å². The van der Waals surface area contributed by atoms with Gasteiger partial charge in [0, 0.05) is 24.0 Å². The molecule has 0 saturated carbocycles. The molecule has 0 bridgehead atoms. The van der Waals surface area contributed by atoms with E-state index in [-0.39, 0.29) is 0 Å². The van der Waals surface area contributed by atoms with Crippen LogP contribution in [0.5, 0.6) is 11.5 Å². The molecule has 3 aromatic rings. The van der Waals surface area contributed by atoms with Gasteiger partial charge in [0.25, 0.3) is 0 Å². The summed E-state index contributed by atoms with van der Waals surface area (Å²) in [4.78, 5) is 7.20. The van der Waals surface area contributed by atoms with Gasteiger partial charge < -0.3 is 19.1 Å². The Kier molecular flexibility index (Phi) is 6.06. The summed E-state index contributed by atoms with van der Waals surface area (Å²) < 4.78 is 16.3. The molecule has 0 atom stereocenters. The van der Waals surface area contributed by atoms with E-state index in [1.54, 1.807) is 14.2 Å². The summed E-state index contributed by atoms with van der Waals surface area (Å²) in [5.41, 5.74) is 4.31. The number of nitriles is 1. The number of fused-ring (bicyclic) bond motifs is 1. The summed E-state index contributed by atoms with van der Waals surface area (Å²) in [6.07, 6.45) is 1.90. The Morgan fingerprint density at radius 3 is 2.55 bits per heavy atom. The van der Waals surface area contributed by atoms with Gasteiger partial charge in [-0.25, -0.2) is 4.98 Å². The van der Waals surface area contributed by atoms with Crippen molar-refractivity contribution < 1.29 is 14.2 Å². The van der Waals surface area contributed by atoms with Crippen molar-refractivity contribution in [3.63, 3.8) is 0 Å². The van der Waals surface area contributed by atoms with Gasteiger partial charge in [0.05, 0.1) is 44.6 Å². The van der Waals surface area contributed by atoms with Crippen molar-refractivity contribution in [2.24, 2.45) is 0 Å². The molecule has 0 radical (unpaired) electrons. The maximum atomic E-state index is 9.94. The lowest BCUT2D eigenvalue weighted by molar-refractivity contribution is 0.122. The topological polar surface area (TPSA) is 67.6 Å². The van der Waals surface area contributed by atoms with Gasteiger partial charge in [-0.1, -0.05) is 12.1 Å². The number of nitrogens with zero attached hydrogens (tertiary/aromatic N) is 3. The molecule has 0 spiro atoms. The quantitative estimate of drug-likeness (QED) is 0.573. The van der Waals surface area contributed by atoms with Crippen LogP contribution in [0.2, 0.25) is 0 Å². The van der Waals surface area contributed by atoms with Gasteiger partial charge in [0.1, 0.15) is 5.82 Å². The molecule has 2 aromatic carbocycles. The molecule has 2 heterocycles. The monoisotopic (exact) mass is 415 g/mol. The Bertz CT molecular complexity index is 1170. The molecule has 1 saturated heterocycles. The van der Waals surface area contributed by atoms with Crippen molar-refractivity contribution >= 4 is 28.4 Å². The average Bonchev–Trinajstić information content (AvgIpc) is 2.82. The van der Waals surface area contributed by atoms with Crippen LogP contribution in [-0.4, -0.2) is 45.5 Å². The molecule has 0 aliphatic carbocycles. The highest BCUT2D eigenvalue weighted by Crippen LogP contribution is 2.33. The third kappa shape index (κ3) is 4.32. The van der Waals surface area contributed by atoms with E-state index in [1.165, 1.54) is 5.56 Å². The second kappa shape index (κ2) is 9.07. The van der Waals surface area contributed by atoms with Crippen LogP contribution in [0.4, 0.5) is 5.82 Å². The van der Waals surface area contributed by atoms with Crippen molar-refractivity contribution in [2.45, 2.75) is 6.92 Å². The third-order valence-electron chi connectivity index (χ3n) is 5.41. The highest BCUT2D eigenvalue weighted by Gasteiger charge is 2.18. The summed E-state index contributed by atoms with van der Waals surface area (Å²) in [6, 6.07) is 16.2. The average molecular weight is 415 g/mol. The molecule has 6 nitrogen and oxygen atoms in total. The highest BCUT2D eigenvalue weighted by molar-refractivity contribution is 5.95. The van der Waals surface area contributed by atoms with E-state index in [4.69, 9.17) is 19.2 Å². The zero-order valence-corrected chi connectivity index (χ0v) is 18.0. The molecule has 6 heteroatoms. The highest BCUT2D eigenvalue weighted by atomic mass is 16.5. The van der Waals surface area contributed by atoms with Crippen LogP contribution >= 0.6 is 0 Å². The van der Waals surface area contributed by atoms with Gasteiger partial charge in [0.15, 0.2) is 11.5 Å². The Morgan fingerprint density at radius 2 is 1.84 bits per heavy atom. The van der Waals surface area contributed by atoms with Crippen LogP contribution in [0.3, 0.4) is 0 Å². The van der Waals surface area contributed by atoms with Crippen molar-refractivity contribution in [3.05, 3.63) is 59.2 Å². The SMILES string of the molecule is COc1ccc(C(C#N)=Cc2cc3ccc(C)cc3nc2N2CCOCC2)cc1OC. The third-order valence-corrected chi connectivity index (χ3v) is 5.41. The lowest BCUT2D eigenvalue weighted by Gasteiger charge is -2.29. The van der Waals surface area contributed by atoms with Gasteiger partial charge in [0.2, 0.25) is 0 Å². The van der Waals surface area contributed by atoms with Gasteiger partial charge in [-0.15, -0.1) is 0 Å². The zero-order valence-electron chi connectivity index (χ0n) is 18.0. The molecule has 1 aliphatic rings. The van der Waals surface area contributed by atoms with E-state index in [0.29, 0.717) is 30.3 Å². The number of allylic oxidation sites excluding steroid dienone is 1. The van der Waals surface area contributed by atoms with Crippen molar-refractivity contribution in [1.29, 1.82) is 5.26 Å². The minimum atomic E-state index is 0.531. The number of anilines is 1. The minimum absolute atomic E-state index is 0.531. The molecule has 4 rings (SSSR count). The van der Waals surface area contributed by atoms with Crippen LogP contribution in [0.25, 0.3) is 22.6 Å². The number of hydrogen-bond donors (Lipinski definition) is 0. The smallest absolute Gasteiger partial charge is 0.161 e. The van der Waals surface area contributed by atoms with Crippen LogP contribution < -0.4 is 14.4 Å². The minimum Gasteiger partial charge on any atom is -0.493 e. The maximum Gasteiger partial charge on any atom is 0.161 e. The zero-order chi connectivity index (χ0) is 21.8. The summed E-state index contributed by atoms with van der Waals surface area (Å²) in [5.74, 6) is 2.08. The van der Waals surface area contributed by atoms with E-state index in [9.17, 15) is 5.26 Å². The number of ether oxygens (including phenoxy) is 3. The van der Waals surface area contributed by atoms with Gasteiger partial charge >= 0.3 is 0 Å². The summed E-state index contributed by atoms with van der Waals surface area (Å²) in [6.45, 7) is 4.93. The number of aryl methyl sites for hydroxylation is 1. The largest absolute Gasteiger partial charge is 0.493 e. The molecule has 31 heavy (non-hydrogen) atoms. The van der Waals surface area contributed by atoms with E-state index >= 15 is 0 Å². The predicted molar refractivity (Wildman–Crippen MR) is 123 cm³/mol. The van der Waals surface area contributed by atoms with E-state index in [2.05, 4.69) is 42.2 Å².